The number of ether oxygens (including phenoxy) is 3. The number of furan rings is 1. The van der Waals surface area contributed by atoms with E-state index in [4.69, 9.17) is 18.6 Å². The van der Waals surface area contributed by atoms with Gasteiger partial charge in [-0.25, -0.2) is 0 Å². The molecule has 0 amide bonds. The maximum Gasteiger partial charge on any atom is 0.203 e. The lowest BCUT2D eigenvalue weighted by Gasteiger charge is -2.22. The van der Waals surface area contributed by atoms with Crippen molar-refractivity contribution in [1.82, 2.24) is 5.32 Å². The summed E-state index contributed by atoms with van der Waals surface area (Å²) in [5.74, 6) is 3.05. The first kappa shape index (κ1) is 13.8. The van der Waals surface area contributed by atoms with Crippen LogP contribution in [0.25, 0.3) is 0 Å². The Morgan fingerprint density at radius 1 is 1.29 bits per heavy atom. The summed E-state index contributed by atoms with van der Waals surface area (Å²) >= 11 is 0. The Hall–Kier alpha value is -2.14. The molecule has 0 saturated carbocycles. The summed E-state index contributed by atoms with van der Waals surface area (Å²) in [7, 11) is 1.64. The van der Waals surface area contributed by atoms with E-state index in [1.165, 1.54) is 0 Å². The second kappa shape index (κ2) is 6.10. The fourth-order valence-electron chi connectivity index (χ4n) is 2.34. The van der Waals surface area contributed by atoms with Gasteiger partial charge >= 0.3 is 0 Å². The summed E-state index contributed by atoms with van der Waals surface area (Å²) in [6, 6.07) is 7.94. The van der Waals surface area contributed by atoms with E-state index >= 15 is 0 Å². The molecule has 5 nitrogen and oxygen atoms in total. The van der Waals surface area contributed by atoms with Gasteiger partial charge in [-0.15, -0.1) is 0 Å². The van der Waals surface area contributed by atoms with Gasteiger partial charge in [-0.05, 0) is 36.8 Å². The lowest BCUT2D eigenvalue weighted by Crippen LogP contribution is -2.19. The first-order valence-electron chi connectivity index (χ1n) is 7.01. The summed E-state index contributed by atoms with van der Waals surface area (Å²) in [6.07, 6.45) is 1.68. The molecule has 1 unspecified atom stereocenters. The fraction of sp³-hybridized carbons (Fsp3) is 0.375. The van der Waals surface area contributed by atoms with Crippen molar-refractivity contribution in [3.63, 3.8) is 0 Å². The molecule has 1 aliphatic heterocycles. The van der Waals surface area contributed by atoms with E-state index in [9.17, 15) is 0 Å². The lowest BCUT2D eigenvalue weighted by atomic mass is 10.1. The molecule has 2 heterocycles. The van der Waals surface area contributed by atoms with Crippen LogP contribution < -0.4 is 19.5 Å². The molecule has 21 heavy (non-hydrogen) atoms. The van der Waals surface area contributed by atoms with Gasteiger partial charge in [-0.2, -0.15) is 0 Å². The molecule has 3 rings (SSSR count). The van der Waals surface area contributed by atoms with Crippen LogP contribution in [-0.2, 0) is 6.54 Å². The third-order valence-corrected chi connectivity index (χ3v) is 3.47. The number of methoxy groups -OCH3 is 1. The van der Waals surface area contributed by atoms with Gasteiger partial charge in [0.1, 0.15) is 19.0 Å². The van der Waals surface area contributed by atoms with Gasteiger partial charge in [0.05, 0.1) is 19.4 Å². The highest BCUT2D eigenvalue weighted by molar-refractivity contribution is 5.54. The van der Waals surface area contributed by atoms with E-state index in [-0.39, 0.29) is 6.04 Å². The Kier molecular flexibility index (Phi) is 4.01. The second-order valence-corrected chi connectivity index (χ2v) is 4.94. The van der Waals surface area contributed by atoms with Gasteiger partial charge in [-0.1, -0.05) is 0 Å². The second-order valence-electron chi connectivity index (χ2n) is 4.94. The molecular weight excluding hydrogens is 270 g/mol. The molecule has 0 aliphatic carbocycles. The van der Waals surface area contributed by atoms with Gasteiger partial charge in [0.15, 0.2) is 11.5 Å². The highest BCUT2D eigenvalue weighted by Crippen LogP contribution is 2.40. The standard InChI is InChI=1S/C16H19NO4/c1-11(13-4-3-5-19-13)17-10-12-8-14(18-2)16-15(9-12)20-6-7-21-16/h3-5,8-9,11,17H,6-7,10H2,1-2H3. The van der Waals surface area contributed by atoms with Gasteiger partial charge < -0.3 is 23.9 Å². The van der Waals surface area contributed by atoms with Gasteiger partial charge in [-0.3, -0.25) is 0 Å². The zero-order valence-corrected chi connectivity index (χ0v) is 12.2. The van der Waals surface area contributed by atoms with Crippen molar-refractivity contribution in [3.05, 3.63) is 41.9 Å². The van der Waals surface area contributed by atoms with E-state index in [0.29, 0.717) is 31.3 Å². The molecule has 1 aliphatic rings. The first-order chi connectivity index (χ1) is 10.3. The summed E-state index contributed by atoms with van der Waals surface area (Å²) in [6.45, 7) is 3.87. The predicted octanol–water partition coefficient (Wildman–Crippen LogP) is 2.91. The number of hydrogen-bond acceptors (Lipinski definition) is 5. The van der Waals surface area contributed by atoms with Crippen LogP contribution in [0.15, 0.2) is 34.9 Å². The molecule has 0 radical (unpaired) electrons. The molecule has 112 valence electrons. The number of hydrogen-bond donors (Lipinski definition) is 1. The van der Waals surface area contributed by atoms with Crippen LogP contribution in [0.4, 0.5) is 0 Å². The fourth-order valence-corrected chi connectivity index (χ4v) is 2.34. The third-order valence-electron chi connectivity index (χ3n) is 3.47. The highest BCUT2D eigenvalue weighted by Gasteiger charge is 2.18. The molecule has 0 fully saturated rings. The lowest BCUT2D eigenvalue weighted by molar-refractivity contribution is 0.165. The van der Waals surface area contributed by atoms with E-state index < -0.39 is 0 Å². The predicted molar refractivity (Wildman–Crippen MR) is 77.9 cm³/mol. The van der Waals surface area contributed by atoms with Crippen LogP contribution in [0.2, 0.25) is 0 Å². The van der Waals surface area contributed by atoms with E-state index in [1.807, 2.05) is 24.3 Å². The topological polar surface area (TPSA) is 52.9 Å². The number of fused-ring (bicyclic) bond motifs is 1. The molecule has 0 spiro atoms. The number of nitrogens with one attached hydrogen (secondary N) is 1. The van der Waals surface area contributed by atoms with Crippen molar-refractivity contribution in [3.8, 4) is 17.2 Å². The molecule has 1 N–H and O–H groups in total. The maximum absolute atomic E-state index is 5.63. The van der Waals surface area contributed by atoms with Crippen LogP contribution in [0.5, 0.6) is 17.2 Å². The quantitative estimate of drug-likeness (QED) is 0.917. The van der Waals surface area contributed by atoms with Crippen molar-refractivity contribution >= 4 is 0 Å². The molecule has 0 bridgehead atoms. The molecule has 2 aromatic rings. The van der Waals surface area contributed by atoms with Crippen molar-refractivity contribution in [2.24, 2.45) is 0 Å². The van der Waals surface area contributed by atoms with Crippen molar-refractivity contribution in [2.45, 2.75) is 19.5 Å². The largest absolute Gasteiger partial charge is 0.493 e. The first-order valence-corrected chi connectivity index (χ1v) is 7.01. The normalized spacial score (nSPS) is 14.8. The monoisotopic (exact) mass is 289 g/mol. The van der Waals surface area contributed by atoms with Crippen LogP contribution in [-0.4, -0.2) is 20.3 Å². The molecule has 0 saturated heterocycles. The average Bonchev–Trinajstić information content (AvgIpc) is 3.06. The summed E-state index contributed by atoms with van der Waals surface area (Å²) in [4.78, 5) is 0. The Bertz CT molecular complexity index is 577. The number of rotatable bonds is 5. The minimum absolute atomic E-state index is 0.138. The molecule has 5 heteroatoms. The van der Waals surface area contributed by atoms with Crippen LogP contribution in [0.3, 0.4) is 0 Å². The van der Waals surface area contributed by atoms with Crippen LogP contribution in [0.1, 0.15) is 24.3 Å². The van der Waals surface area contributed by atoms with Crippen molar-refractivity contribution in [1.29, 1.82) is 0 Å². The van der Waals surface area contributed by atoms with Crippen molar-refractivity contribution in [2.75, 3.05) is 20.3 Å². The zero-order valence-electron chi connectivity index (χ0n) is 12.2. The molecule has 1 aromatic heterocycles. The SMILES string of the molecule is COc1cc(CNC(C)c2ccco2)cc2c1OCCO2. The minimum Gasteiger partial charge on any atom is -0.493 e. The average molecular weight is 289 g/mol. The van der Waals surface area contributed by atoms with E-state index in [0.717, 1.165) is 17.1 Å². The van der Waals surface area contributed by atoms with Gasteiger partial charge in [0.2, 0.25) is 5.75 Å². The smallest absolute Gasteiger partial charge is 0.203 e. The summed E-state index contributed by atoms with van der Waals surface area (Å²) in [5, 5.41) is 3.41. The van der Waals surface area contributed by atoms with Gasteiger partial charge in [0.25, 0.3) is 0 Å². The van der Waals surface area contributed by atoms with Gasteiger partial charge in [0, 0.05) is 6.54 Å². The van der Waals surface area contributed by atoms with Crippen LogP contribution in [0, 0.1) is 0 Å². The Balaban J connectivity index is 1.73. The zero-order chi connectivity index (χ0) is 14.7. The minimum atomic E-state index is 0.138. The van der Waals surface area contributed by atoms with Crippen LogP contribution >= 0.6 is 0 Å². The highest BCUT2D eigenvalue weighted by atomic mass is 16.6. The molecule has 1 aromatic carbocycles. The Labute approximate surface area is 123 Å². The summed E-state index contributed by atoms with van der Waals surface area (Å²) < 4.78 is 22.0. The van der Waals surface area contributed by atoms with E-state index in [2.05, 4.69) is 12.2 Å². The van der Waals surface area contributed by atoms with Crippen molar-refractivity contribution < 1.29 is 18.6 Å². The number of benzene rings is 1. The third kappa shape index (κ3) is 2.97. The van der Waals surface area contributed by atoms with E-state index in [1.54, 1.807) is 13.4 Å². The summed E-state index contributed by atoms with van der Waals surface area (Å²) in [5.41, 5.74) is 1.08. The molecular formula is C16H19NO4. The maximum atomic E-state index is 5.63. The Morgan fingerprint density at radius 2 is 2.14 bits per heavy atom. The Morgan fingerprint density at radius 3 is 2.90 bits per heavy atom. The molecule has 1 atom stereocenters.